The van der Waals surface area contributed by atoms with E-state index in [0.29, 0.717) is 0 Å². The summed E-state index contributed by atoms with van der Waals surface area (Å²) < 4.78 is 0. The van der Waals surface area contributed by atoms with Crippen LogP contribution < -0.4 is 40.4 Å². The molecule has 0 aliphatic heterocycles. The smallest absolute Gasteiger partial charge is 0.547 e. The van der Waals surface area contributed by atoms with Crippen LogP contribution in [0.5, 0.6) is 0 Å². The molecule has 0 aliphatic carbocycles. The number of nitrogens with zero attached hydrogens (tertiary/aromatic N) is 1. The van der Waals surface area contributed by atoms with Gasteiger partial charge in [-0.15, -0.1) is 0 Å². The maximum Gasteiger partial charge on any atom is 1.00 e. The van der Waals surface area contributed by atoms with Gasteiger partial charge in [-0.2, -0.15) is 5.26 Å². The summed E-state index contributed by atoms with van der Waals surface area (Å²) in [6.07, 6.45) is 0. The quantitative estimate of drug-likeness (QED) is 0.351. The van der Waals surface area contributed by atoms with E-state index in [0.717, 1.165) is 0 Å². The van der Waals surface area contributed by atoms with E-state index in [1.165, 1.54) is 6.07 Å². The molecule has 1 atom stereocenters. The molecule has 0 aromatic heterocycles. The summed E-state index contributed by atoms with van der Waals surface area (Å²) in [6, 6.07) is -0.206. The van der Waals surface area contributed by atoms with Gasteiger partial charge in [0.25, 0.3) is 0 Å². The fourth-order valence-corrected chi connectivity index (χ4v) is 0.0527. The van der Waals surface area contributed by atoms with Gasteiger partial charge in [0.1, 0.15) is 6.04 Å². The van der Waals surface area contributed by atoms with Crippen LogP contribution in [0.2, 0.25) is 0 Å². The van der Waals surface area contributed by atoms with Crippen molar-refractivity contribution in [3.63, 3.8) is 0 Å². The molecule has 0 heterocycles. The molecule has 0 aliphatic rings. The molecule has 0 fully saturated rings. The van der Waals surface area contributed by atoms with Crippen LogP contribution in [-0.2, 0) is 4.79 Å². The Balaban J connectivity index is 0. The largest absolute Gasteiger partial charge is 1.00 e. The minimum Gasteiger partial charge on any atom is -0.547 e. The Labute approximate surface area is 68.6 Å². The minimum absolute atomic E-state index is 0. The van der Waals surface area contributed by atoms with Crippen LogP contribution in [-0.4, -0.2) is 12.0 Å². The predicted molar refractivity (Wildman–Crippen MR) is 18.6 cm³/mol. The monoisotopic (exact) mass is 122 g/mol. The zero-order valence-corrected chi connectivity index (χ0v) is 6.42. The Hall–Kier alpha value is -0.0800. The molecule has 1 unspecified atom stereocenters. The minimum atomic E-state index is -1.54. The molecule has 0 rings (SSSR count). The fourth-order valence-electron chi connectivity index (χ4n) is 0.0527. The van der Waals surface area contributed by atoms with E-state index in [1.54, 1.807) is 0 Å². The average molecular weight is 122 g/mol. The Morgan fingerprint density at radius 3 is 2.25 bits per heavy atom. The van der Waals surface area contributed by atoms with E-state index in [1.807, 2.05) is 0 Å². The average Bonchev–Trinajstić information content (AvgIpc) is 1.65. The standard InChI is InChI=1S/C3H4N2O2.Na/c4-1-2(5)3(6)7;/h2H,5H2,(H,6,7);/q;+1/p-1. The molecule has 5 heteroatoms. The number of rotatable bonds is 1. The van der Waals surface area contributed by atoms with Gasteiger partial charge in [0.05, 0.1) is 12.0 Å². The molecular formula is C3H3N2NaO2. The number of carboxylic acids is 1. The number of carboxylic acid groups (broad SMARTS) is 1. The molecule has 4 nitrogen and oxygen atoms in total. The van der Waals surface area contributed by atoms with Crippen molar-refractivity contribution in [3.05, 3.63) is 0 Å². The second-order valence-electron chi connectivity index (χ2n) is 0.926. The zero-order chi connectivity index (χ0) is 5.86. The van der Waals surface area contributed by atoms with Gasteiger partial charge in [-0.1, -0.05) is 0 Å². The molecule has 0 saturated carbocycles. The van der Waals surface area contributed by atoms with Crippen molar-refractivity contribution in [1.29, 1.82) is 5.26 Å². The summed E-state index contributed by atoms with van der Waals surface area (Å²) in [7, 11) is 0. The zero-order valence-electron chi connectivity index (χ0n) is 4.42. The van der Waals surface area contributed by atoms with E-state index in [4.69, 9.17) is 5.26 Å². The van der Waals surface area contributed by atoms with Crippen molar-refractivity contribution >= 4 is 5.97 Å². The van der Waals surface area contributed by atoms with E-state index in [9.17, 15) is 9.90 Å². The predicted octanol–water partition coefficient (Wildman–Crippen LogP) is -5.41. The topological polar surface area (TPSA) is 89.9 Å². The Kier molecular flexibility index (Phi) is 6.85. The van der Waals surface area contributed by atoms with Gasteiger partial charge in [0, 0.05) is 0 Å². The van der Waals surface area contributed by atoms with Crippen LogP contribution in [0.1, 0.15) is 0 Å². The first-order valence-electron chi connectivity index (χ1n) is 1.54. The number of hydrogen-bond donors (Lipinski definition) is 1. The maximum atomic E-state index is 9.47. The SMILES string of the molecule is N#CC(N)C(=O)[O-].[Na+]. The van der Waals surface area contributed by atoms with Crippen LogP contribution in [0.25, 0.3) is 0 Å². The Morgan fingerprint density at radius 2 is 2.25 bits per heavy atom. The summed E-state index contributed by atoms with van der Waals surface area (Å²) in [4.78, 5) is 9.47. The first-order chi connectivity index (χ1) is 3.18. The second-order valence-corrected chi connectivity index (χ2v) is 0.926. The first-order valence-corrected chi connectivity index (χ1v) is 1.54. The van der Waals surface area contributed by atoms with Crippen molar-refractivity contribution in [3.8, 4) is 6.07 Å². The number of hydrogen-bond acceptors (Lipinski definition) is 4. The van der Waals surface area contributed by atoms with Crippen molar-refractivity contribution in [2.45, 2.75) is 6.04 Å². The number of nitriles is 1. The molecule has 38 valence electrons. The van der Waals surface area contributed by atoms with Crippen LogP contribution in [0.3, 0.4) is 0 Å². The number of aliphatic carboxylic acids is 1. The van der Waals surface area contributed by atoms with E-state index in [2.05, 4.69) is 5.73 Å². The molecule has 2 N–H and O–H groups in total. The van der Waals surface area contributed by atoms with Gasteiger partial charge in [0.2, 0.25) is 0 Å². The van der Waals surface area contributed by atoms with Crippen LogP contribution >= 0.6 is 0 Å². The van der Waals surface area contributed by atoms with Gasteiger partial charge < -0.3 is 15.6 Å². The van der Waals surface area contributed by atoms with Gasteiger partial charge in [-0.3, -0.25) is 0 Å². The third kappa shape index (κ3) is 4.09. The van der Waals surface area contributed by atoms with Crippen molar-refractivity contribution in [2.75, 3.05) is 0 Å². The molecule has 0 spiro atoms. The normalized spacial score (nSPS) is 10.5. The fraction of sp³-hybridized carbons (Fsp3) is 0.333. The summed E-state index contributed by atoms with van der Waals surface area (Å²) in [5.74, 6) is -1.54. The van der Waals surface area contributed by atoms with Gasteiger partial charge >= 0.3 is 29.6 Å². The van der Waals surface area contributed by atoms with Gasteiger partial charge in [-0.25, -0.2) is 0 Å². The molecule has 0 amide bonds. The molecule has 0 bridgehead atoms. The molecule has 8 heavy (non-hydrogen) atoms. The summed E-state index contributed by atoms with van der Waals surface area (Å²) in [5, 5.41) is 17.2. The van der Waals surface area contributed by atoms with Gasteiger partial charge in [0.15, 0.2) is 0 Å². The third-order valence-electron chi connectivity index (χ3n) is 0.393. The van der Waals surface area contributed by atoms with E-state index < -0.39 is 12.0 Å². The first kappa shape index (κ1) is 10.8. The number of carbonyl (C=O) groups excluding carboxylic acids is 1. The van der Waals surface area contributed by atoms with Crippen molar-refractivity contribution in [2.24, 2.45) is 5.73 Å². The number of carbonyl (C=O) groups is 1. The maximum absolute atomic E-state index is 9.47. The van der Waals surface area contributed by atoms with E-state index in [-0.39, 0.29) is 29.6 Å². The molecule has 0 aromatic rings. The van der Waals surface area contributed by atoms with Gasteiger partial charge in [-0.05, 0) is 0 Å². The third-order valence-corrected chi connectivity index (χ3v) is 0.393. The summed E-state index contributed by atoms with van der Waals surface area (Å²) in [6.45, 7) is 0. The van der Waals surface area contributed by atoms with E-state index >= 15 is 0 Å². The molecular weight excluding hydrogens is 119 g/mol. The van der Waals surface area contributed by atoms with Crippen molar-refractivity contribution < 1.29 is 39.5 Å². The Morgan fingerprint density at radius 1 is 1.88 bits per heavy atom. The van der Waals surface area contributed by atoms with Crippen LogP contribution in [0, 0.1) is 11.3 Å². The Bertz CT molecular complexity index is 119. The van der Waals surface area contributed by atoms with Crippen LogP contribution in [0.15, 0.2) is 0 Å². The number of nitrogens with two attached hydrogens (primary N) is 1. The molecule has 0 saturated heterocycles. The second kappa shape index (κ2) is 5.06. The van der Waals surface area contributed by atoms with Crippen LogP contribution in [0.4, 0.5) is 0 Å². The molecule has 0 radical (unpaired) electrons. The van der Waals surface area contributed by atoms with Crippen molar-refractivity contribution in [1.82, 2.24) is 0 Å². The summed E-state index contributed by atoms with van der Waals surface area (Å²) in [5.41, 5.74) is 4.59. The molecule has 0 aromatic carbocycles. The summed E-state index contributed by atoms with van der Waals surface area (Å²) >= 11 is 0.